The molecule has 0 aliphatic rings. The van der Waals surface area contributed by atoms with Crippen LogP contribution in [-0.4, -0.2) is 19.4 Å². The highest BCUT2D eigenvalue weighted by molar-refractivity contribution is 7.53. The van der Waals surface area contributed by atoms with Gasteiger partial charge in [-0.1, -0.05) is 66.7 Å². The van der Waals surface area contributed by atoms with Crippen molar-refractivity contribution in [1.82, 2.24) is 0 Å². The van der Waals surface area contributed by atoms with Crippen LogP contribution in [0, 0.1) is 11.8 Å². The number of hydrogen-bond acceptors (Lipinski definition) is 3. The number of hydrogen-bond donors (Lipinski definition) is 0. The van der Waals surface area contributed by atoms with Crippen LogP contribution in [0.1, 0.15) is 73.1 Å². The Hall–Kier alpha value is 0.150. The molecule has 4 heteroatoms. The van der Waals surface area contributed by atoms with E-state index < -0.39 is 7.60 Å². The van der Waals surface area contributed by atoms with Gasteiger partial charge in [0.15, 0.2) is 0 Å². The van der Waals surface area contributed by atoms with Gasteiger partial charge in [0.25, 0.3) is 0 Å². The Morgan fingerprint density at radius 1 is 0.800 bits per heavy atom. The van der Waals surface area contributed by atoms with Gasteiger partial charge >= 0.3 is 7.60 Å². The van der Waals surface area contributed by atoms with Crippen molar-refractivity contribution in [2.75, 3.05) is 19.4 Å². The lowest BCUT2D eigenvalue weighted by Crippen LogP contribution is -2.08. The first-order valence-electron chi connectivity index (χ1n) is 8.27. The van der Waals surface area contributed by atoms with Crippen molar-refractivity contribution in [3.8, 4) is 0 Å². The Morgan fingerprint density at radius 2 is 1.25 bits per heavy atom. The zero-order valence-electron chi connectivity index (χ0n) is 14.2. The molecule has 0 spiro atoms. The second kappa shape index (κ2) is 11.8. The van der Waals surface area contributed by atoms with Gasteiger partial charge in [-0.05, 0) is 18.3 Å². The molecule has 0 bridgehead atoms. The van der Waals surface area contributed by atoms with Gasteiger partial charge in [-0.2, -0.15) is 0 Å². The average molecular weight is 306 g/mol. The summed E-state index contributed by atoms with van der Waals surface area (Å²) in [6.07, 6.45) is 7.69. The summed E-state index contributed by atoms with van der Waals surface area (Å²) in [5, 5.41) is 0. The molecule has 0 saturated carbocycles. The first-order chi connectivity index (χ1) is 9.39. The summed E-state index contributed by atoms with van der Waals surface area (Å²) >= 11 is 0. The predicted octanol–water partition coefficient (Wildman–Crippen LogP) is 5.89. The van der Waals surface area contributed by atoms with Crippen molar-refractivity contribution >= 4 is 7.60 Å². The monoisotopic (exact) mass is 306 g/mol. The summed E-state index contributed by atoms with van der Waals surface area (Å²) in [5.41, 5.74) is 0. The highest BCUT2D eigenvalue weighted by Gasteiger charge is 2.24. The topological polar surface area (TPSA) is 35.5 Å². The molecule has 0 atom stereocenters. The average Bonchev–Trinajstić information content (AvgIpc) is 2.38. The Kier molecular flexibility index (Phi) is 11.9. The summed E-state index contributed by atoms with van der Waals surface area (Å²) in [5.74, 6) is 0.769. The van der Waals surface area contributed by atoms with E-state index in [0.717, 1.165) is 12.8 Å². The Morgan fingerprint density at radius 3 is 1.70 bits per heavy atom. The van der Waals surface area contributed by atoms with Crippen molar-refractivity contribution in [3.05, 3.63) is 0 Å². The van der Waals surface area contributed by atoms with Gasteiger partial charge in [0.05, 0.1) is 19.4 Å². The smallest absolute Gasteiger partial charge is 0.308 e. The fraction of sp³-hybridized carbons (Fsp3) is 1.00. The van der Waals surface area contributed by atoms with Crippen LogP contribution in [0.25, 0.3) is 0 Å². The molecular weight excluding hydrogens is 271 g/mol. The Balaban J connectivity index is 4.06. The van der Waals surface area contributed by atoms with Crippen LogP contribution in [0.3, 0.4) is 0 Å². The SMILES string of the molecule is CCCCCCCCP(=O)(OCC(C)C)OCC(C)C. The molecule has 0 aromatic rings. The highest BCUT2D eigenvalue weighted by atomic mass is 31.2. The third-order valence-electron chi connectivity index (χ3n) is 2.99. The van der Waals surface area contributed by atoms with Gasteiger partial charge in [-0.15, -0.1) is 0 Å². The summed E-state index contributed by atoms with van der Waals surface area (Å²) in [7, 11) is -2.88. The summed E-state index contributed by atoms with van der Waals surface area (Å²) in [6.45, 7) is 11.5. The number of rotatable bonds is 13. The molecule has 3 nitrogen and oxygen atoms in total. The Bertz CT molecular complexity index is 248. The van der Waals surface area contributed by atoms with E-state index in [2.05, 4.69) is 34.6 Å². The molecule has 0 aromatic heterocycles. The van der Waals surface area contributed by atoms with Crippen LogP contribution in [0.2, 0.25) is 0 Å². The lowest BCUT2D eigenvalue weighted by molar-refractivity contribution is 0.172. The lowest BCUT2D eigenvalue weighted by atomic mass is 10.1. The molecule has 0 N–H and O–H groups in total. The minimum absolute atomic E-state index is 0.385. The summed E-state index contributed by atoms with van der Waals surface area (Å²) in [6, 6.07) is 0. The van der Waals surface area contributed by atoms with Gasteiger partial charge in [0, 0.05) is 0 Å². The van der Waals surface area contributed by atoms with E-state index in [9.17, 15) is 4.57 Å². The van der Waals surface area contributed by atoms with E-state index in [1.54, 1.807) is 0 Å². The molecular formula is C16H35O3P. The standard InChI is InChI=1S/C16H35O3P/c1-6-7-8-9-10-11-12-20(17,18-13-15(2)3)19-14-16(4)5/h15-16H,6-14H2,1-5H3. The molecule has 0 aliphatic heterocycles. The quantitative estimate of drug-likeness (QED) is 0.314. The van der Waals surface area contributed by atoms with Crippen molar-refractivity contribution in [2.24, 2.45) is 11.8 Å². The van der Waals surface area contributed by atoms with E-state index in [0.29, 0.717) is 31.2 Å². The molecule has 122 valence electrons. The second-order valence-corrected chi connectivity index (χ2v) is 8.67. The van der Waals surface area contributed by atoms with Crippen molar-refractivity contribution < 1.29 is 13.6 Å². The van der Waals surface area contributed by atoms with Crippen molar-refractivity contribution in [2.45, 2.75) is 73.1 Å². The molecule has 0 fully saturated rings. The van der Waals surface area contributed by atoms with Crippen LogP contribution >= 0.6 is 7.60 Å². The molecule has 0 saturated heterocycles. The van der Waals surface area contributed by atoms with Crippen LogP contribution in [0.15, 0.2) is 0 Å². The molecule has 20 heavy (non-hydrogen) atoms. The third-order valence-corrected chi connectivity index (χ3v) is 4.94. The number of unbranched alkanes of at least 4 members (excludes halogenated alkanes) is 5. The zero-order valence-corrected chi connectivity index (χ0v) is 15.1. The van der Waals surface area contributed by atoms with Gasteiger partial charge in [-0.25, -0.2) is 0 Å². The predicted molar refractivity (Wildman–Crippen MR) is 87.4 cm³/mol. The molecule has 0 rings (SSSR count). The van der Waals surface area contributed by atoms with E-state index in [4.69, 9.17) is 9.05 Å². The van der Waals surface area contributed by atoms with Crippen molar-refractivity contribution in [1.29, 1.82) is 0 Å². The van der Waals surface area contributed by atoms with Gasteiger partial charge in [0.1, 0.15) is 0 Å². The largest absolute Gasteiger partial charge is 0.330 e. The maximum absolute atomic E-state index is 12.7. The third kappa shape index (κ3) is 11.9. The van der Waals surface area contributed by atoms with E-state index in [-0.39, 0.29) is 0 Å². The molecule has 0 aliphatic carbocycles. The molecule has 0 unspecified atom stereocenters. The van der Waals surface area contributed by atoms with Crippen LogP contribution < -0.4 is 0 Å². The zero-order chi connectivity index (χ0) is 15.4. The molecule has 0 amide bonds. The molecule has 0 radical (unpaired) electrons. The normalized spacial score (nSPS) is 12.6. The summed E-state index contributed by atoms with van der Waals surface area (Å²) in [4.78, 5) is 0. The molecule has 0 aromatic carbocycles. The van der Waals surface area contributed by atoms with Crippen molar-refractivity contribution in [3.63, 3.8) is 0 Å². The van der Waals surface area contributed by atoms with Gasteiger partial charge in [-0.3, -0.25) is 4.57 Å². The van der Waals surface area contributed by atoms with Crippen LogP contribution in [-0.2, 0) is 13.6 Å². The van der Waals surface area contributed by atoms with Crippen LogP contribution in [0.4, 0.5) is 0 Å². The van der Waals surface area contributed by atoms with E-state index >= 15 is 0 Å². The van der Waals surface area contributed by atoms with E-state index in [1.165, 1.54) is 25.7 Å². The fourth-order valence-corrected chi connectivity index (χ4v) is 3.77. The fourth-order valence-electron chi connectivity index (χ4n) is 1.78. The minimum atomic E-state index is -2.88. The molecule has 0 heterocycles. The summed E-state index contributed by atoms with van der Waals surface area (Å²) < 4.78 is 23.9. The van der Waals surface area contributed by atoms with Gasteiger partial charge in [0.2, 0.25) is 0 Å². The first kappa shape index (κ1) is 20.1. The lowest BCUT2D eigenvalue weighted by Gasteiger charge is -2.20. The van der Waals surface area contributed by atoms with E-state index in [1.807, 2.05) is 0 Å². The second-order valence-electron chi connectivity index (χ2n) is 6.48. The van der Waals surface area contributed by atoms with Gasteiger partial charge < -0.3 is 9.05 Å². The maximum atomic E-state index is 12.7. The Labute approximate surface area is 126 Å². The minimum Gasteiger partial charge on any atom is -0.308 e. The first-order valence-corrected chi connectivity index (χ1v) is 10.0. The maximum Gasteiger partial charge on any atom is 0.330 e. The van der Waals surface area contributed by atoms with Crippen LogP contribution in [0.5, 0.6) is 0 Å². The highest BCUT2D eigenvalue weighted by Crippen LogP contribution is 2.49.